The minimum absolute atomic E-state index is 0.0529. The van der Waals surface area contributed by atoms with Crippen molar-refractivity contribution in [1.29, 1.82) is 0 Å². The molecule has 3 N–H and O–H groups in total. The number of hydrogen-bond acceptors (Lipinski definition) is 8. The smallest absolute Gasteiger partial charge is 0.356 e. The molecule has 0 radical (unpaired) electrons. The van der Waals surface area contributed by atoms with Gasteiger partial charge >= 0.3 is 5.97 Å². The minimum atomic E-state index is -4.29. The van der Waals surface area contributed by atoms with Crippen LogP contribution in [0.1, 0.15) is 26.4 Å². The van der Waals surface area contributed by atoms with E-state index in [0.717, 1.165) is 22.9 Å². The van der Waals surface area contributed by atoms with Crippen LogP contribution in [0.5, 0.6) is 11.6 Å². The molecule has 12 nitrogen and oxygen atoms in total. The third-order valence-electron chi connectivity index (χ3n) is 6.95. The summed E-state index contributed by atoms with van der Waals surface area (Å²) in [6.07, 6.45) is 0. The highest BCUT2D eigenvalue weighted by Gasteiger charge is 2.27. The van der Waals surface area contributed by atoms with Gasteiger partial charge in [0, 0.05) is 43.0 Å². The molecule has 1 aliphatic heterocycles. The standard InChI is InChI=1S/C30H29F2N5O7S/c1-19-27(30(39)40)35-37(24-4-2-3-22(32)17-24)29(19)44-25-10-9-23(34-28(38)20-5-7-21(31)8-6-20)18-26(25)45(41,42)33-11-12-36-13-15-43-16-14-36/h2-10,17-18,33H,11-16H2,1H3,(H,34,38)(H,39,40). The Kier molecular flexibility index (Phi) is 9.53. The Balaban J connectivity index is 1.51. The van der Waals surface area contributed by atoms with Crippen LogP contribution in [0, 0.1) is 18.6 Å². The van der Waals surface area contributed by atoms with Gasteiger partial charge in [0.15, 0.2) is 5.69 Å². The van der Waals surface area contributed by atoms with Gasteiger partial charge in [-0.2, -0.15) is 9.78 Å². The average Bonchev–Trinajstić information content (AvgIpc) is 3.34. The van der Waals surface area contributed by atoms with Crippen LogP contribution in [0.2, 0.25) is 0 Å². The number of sulfonamides is 1. The van der Waals surface area contributed by atoms with Crippen LogP contribution in [0.3, 0.4) is 0 Å². The summed E-state index contributed by atoms with van der Waals surface area (Å²) < 4.78 is 69.8. The summed E-state index contributed by atoms with van der Waals surface area (Å²) in [5.74, 6) is -3.50. The molecule has 5 rings (SSSR count). The van der Waals surface area contributed by atoms with E-state index >= 15 is 0 Å². The number of morpholine rings is 1. The Bertz CT molecular complexity index is 1820. The van der Waals surface area contributed by atoms with Crippen LogP contribution < -0.4 is 14.8 Å². The number of carboxylic acids is 1. The van der Waals surface area contributed by atoms with Crippen LogP contribution in [0.4, 0.5) is 14.5 Å². The van der Waals surface area contributed by atoms with Crippen molar-refractivity contribution in [1.82, 2.24) is 19.4 Å². The molecule has 0 unspecified atom stereocenters. The first kappa shape index (κ1) is 31.7. The molecule has 0 saturated carbocycles. The lowest BCUT2D eigenvalue weighted by molar-refractivity contribution is 0.0390. The third-order valence-corrected chi connectivity index (χ3v) is 8.43. The van der Waals surface area contributed by atoms with Gasteiger partial charge < -0.3 is 19.9 Å². The molecule has 45 heavy (non-hydrogen) atoms. The number of aromatic carboxylic acids is 1. The molecule has 0 aliphatic carbocycles. The Morgan fingerprint density at radius 1 is 1.02 bits per heavy atom. The highest BCUT2D eigenvalue weighted by atomic mass is 32.2. The average molecular weight is 642 g/mol. The van der Waals surface area contributed by atoms with Crippen molar-refractivity contribution in [3.05, 3.63) is 95.2 Å². The van der Waals surface area contributed by atoms with E-state index in [1.165, 1.54) is 55.5 Å². The van der Waals surface area contributed by atoms with Crippen molar-refractivity contribution >= 4 is 27.6 Å². The molecule has 1 aromatic heterocycles. The van der Waals surface area contributed by atoms with Crippen LogP contribution in [-0.4, -0.2) is 79.5 Å². The molecule has 1 amide bonds. The lowest BCUT2D eigenvalue weighted by atomic mass is 10.2. The zero-order valence-corrected chi connectivity index (χ0v) is 24.8. The topological polar surface area (TPSA) is 152 Å². The number of anilines is 1. The highest BCUT2D eigenvalue weighted by molar-refractivity contribution is 7.89. The first-order valence-electron chi connectivity index (χ1n) is 13.8. The number of benzene rings is 3. The fraction of sp³-hybridized carbons (Fsp3) is 0.233. The van der Waals surface area contributed by atoms with E-state index in [4.69, 9.17) is 9.47 Å². The predicted molar refractivity (Wildman–Crippen MR) is 159 cm³/mol. The monoisotopic (exact) mass is 641 g/mol. The summed E-state index contributed by atoms with van der Waals surface area (Å²) in [4.78, 5) is 26.4. The summed E-state index contributed by atoms with van der Waals surface area (Å²) in [6.45, 7) is 4.26. The van der Waals surface area contributed by atoms with Gasteiger partial charge in [0.05, 0.1) is 18.9 Å². The van der Waals surface area contributed by atoms with E-state index in [-0.39, 0.29) is 51.3 Å². The van der Waals surface area contributed by atoms with E-state index in [1.54, 1.807) is 0 Å². The van der Waals surface area contributed by atoms with Gasteiger partial charge in [-0.3, -0.25) is 9.69 Å². The van der Waals surface area contributed by atoms with E-state index in [0.29, 0.717) is 32.8 Å². The SMILES string of the molecule is Cc1c(C(=O)O)nn(-c2cccc(F)c2)c1Oc1ccc(NC(=O)c2ccc(F)cc2)cc1S(=O)(=O)NCCN1CCOCC1. The van der Waals surface area contributed by atoms with Crippen molar-refractivity contribution in [2.45, 2.75) is 11.8 Å². The second-order valence-corrected chi connectivity index (χ2v) is 11.8. The number of carbonyl (C=O) groups excluding carboxylic acids is 1. The van der Waals surface area contributed by atoms with E-state index in [1.807, 2.05) is 4.90 Å². The van der Waals surface area contributed by atoms with E-state index < -0.39 is 33.5 Å². The molecule has 236 valence electrons. The summed E-state index contributed by atoms with van der Waals surface area (Å²) in [5, 5.41) is 16.4. The largest absolute Gasteiger partial charge is 0.476 e. The molecule has 3 aromatic carbocycles. The molecule has 0 atom stereocenters. The number of amides is 1. The fourth-order valence-electron chi connectivity index (χ4n) is 4.62. The zero-order valence-electron chi connectivity index (χ0n) is 24.0. The molecular formula is C30H29F2N5O7S. The predicted octanol–water partition coefficient (Wildman–Crippen LogP) is 3.81. The molecule has 1 saturated heterocycles. The fourth-order valence-corrected chi connectivity index (χ4v) is 5.79. The second kappa shape index (κ2) is 13.5. The van der Waals surface area contributed by atoms with Gasteiger partial charge in [0.2, 0.25) is 15.9 Å². The third kappa shape index (κ3) is 7.51. The molecule has 1 fully saturated rings. The maximum absolute atomic E-state index is 14.1. The molecule has 0 bridgehead atoms. The maximum atomic E-state index is 14.1. The number of rotatable bonds is 11. The Labute approximate surface area is 257 Å². The van der Waals surface area contributed by atoms with Crippen molar-refractivity contribution in [2.24, 2.45) is 0 Å². The van der Waals surface area contributed by atoms with Crippen molar-refractivity contribution in [3.8, 4) is 17.3 Å². The van der Waals surface area contributed by atoms with Crippen LogP contribution >= 0.6 is 0 Å². The Hall–Kier alpha value is -4.70. The molecule has 15 heteroatoms. The molecule has 1 aliphatic rings. The number of nitrogens with one attached hydrogen (secondary N) is 2. The van der Waals surface area contributed by atoms with E-state index in [2.05, 4.69) is 15.1 Å². The van der Waals surface area contributed by atoms with Crippen LogP contribution in [0.25, 0.3) is 5.69 Å². The number of ether oxygens (including phenoxy) is 2. The van der Waals surface area contributed by atoms with Gasteiger partial charge in [-0.05, 0) is 67.6 Å². The normalized spacial score (nSPS) is 13.8. The number of hydrogen-bond donors (Lipinski definition) is 3. The summed E-state index contributed by atoms with van der Waals surface area (Å²) >= 11 is 0. The molecule has 4 aromatic rings. The summed E-state index contributed by atoms with van der Waals surface area (Å²) in [7, 11) is -4.29. The van der Waals surface area contributed by atoms with Gasteiger partial charge in [-0.15, -0.1) is 0 Å². The molecule has 2 heterocycles. The van der Waals surface area contributed by atoms with Gasteiger partial charge in [0.25, 0.3) is 5.91 Å². The second-order valence-electron chi connectivity index (χ2n) is 10.1. The van der Waals surface area contributed by atoms with Gasteiger partial charge in [-0.25, -0.2) is 26.7 Å². The number of carbonyl (C=O) groups is 2. The van der Waals surface area contributed by atoms with Crippen LogP contribution in [-0.2, 0) is 14.8 Å². The van der Waals surface area contributed by atoms with E-state index in [9.17, 15) is 31.9 Å². The highest BCUT2D eigenvalue weighted by Crippen LogP contribution is 2.35. The van der Waals surface area contributed by atoms with Gasteiger partial charge in [0.1, 0.15) is 22.3 Å². The lowest BCUT2D eigenvalue weighted by Gasteiger charge is -2.26. The summed E-state index contributed by atoms with van der Waals surface area (Å²) in [5.41, 5.74) is 0.0405. The Morgan fingerprint density at radius 2 is 1.76 bits per heavy atom. The summed E-state index contributed by atoms with van der Waals surface area (Å²) in [6, 6.07) is 13.9. The van der Waals surface area contributed by atoms with Crippen molar-refractivity contribution in [3.63, 3.8) is 0 Å². The van der Waals surface area contributed by atoms with Crippen LogP contribution in [0.15, 0.2) is 71.6 Å². The number of carboxylic acid groups (broad SMARTS) is 1. The maximum Gasteiger partial charge on any atom is 0.356 e. The number of halogens is 2. The van der Waals surface area contributed by atoms with Crippen molar-refractivity contribution < 1.29 is 41.4 Å². The first-order valence-corrected chi connectivity index (χ1v) is 15.3. The quantitative estimate of drug-likeness (QED) is 0.222. The molecule has 0 spiro atoms. The van der Waals surface area contributed by atoms with Gasteiger partial charge in [-0.1, -0.05) is 6.07 Å². The lowest BCUT2D eigenvalue weighted by Crippen LogP contribution is -2.41. The van der Waals surface area contributed by atoms with Crippen molar-refractivity contribution in [2.75, 3.05) is 44.7 Å². The Morgan fingerprint density at radius 3 is 2.44 bits per heavy atom. The zero-order chi connectivity index (χ0) is 32.1. The number of aromatic nitrogens is 2. The molecular weight excluding hydrogens is 612 g/mol. The first-order chi connectivity index (χ1) is 21.5. The minimum Gasteiger partial charge on any atom is -0.476 e. The number of nitrogens with zero attached hydrogens (tertiary/aromatic N) is 3.